The van der Waals surface area contributed by atoms with Crippen LogP contribution in [0.25, 0.3) is 0 Å². The van der Waals surface area contributed by atoms with E-state index in [2.05, 4.69) is 5.32 Å². The number of nitrogens with one attached hydrogen (secondary N) is 1. The van der Waals surface area contributed by atoms with Gasteiger partial charge in [-0.1, -0.05) is 18.2 Å². The van der Waals surface area contributed by atoms with E-state index in [1.54, 1.807) is 0 Å². The molecule has 0 radical (unpaired) electrons. The molecule has 2 rings (SSSR count). The van der Waals surface area contributed by atoms with E-state index in [4.69, 9.17) is 4.74 Å². The van der Waals surface area contributed by atoms with E-state index in [9.17, 15) is 4.79 Å². The number of carbonyl (C=O) groups excluding carboxylic acids is 1. The van der Waals surface area contributed by atoms with Crippen LogP contribution in [0.3, 0.4) is 0 Å². The van der Waals surface area contributed by atoms with E-state index in [-0.39, 0.29) is 17.7 Å². The Morgan fingerprint density at radius 2 is 2.00 bits per heavy atom. The molecule has 1 atom stereocenters. The molecule has 1 N–H and O–H groups in total. The summed E-state index contributed by atoms with van der Waals surface area (Å²) >= 11 is 0. The number of piperidine rings is 1. The zero-order chi connectivity index (χ0) is 14.6. The van der Waals surface area contributed by atoms with Gasteiger partial charge in [-0.05, 0) is 45.7 Å². The number of ether oxygens (including phenoxy) is 1. The number of rotatable bonds is 2. The fourth-order valence-corrected chi connectivity index (χ4v) is 2.31. The third-order valence-electron chi connectivity index (χ3n) is 3.19. The molecule has 0 bridgehead atoms. The number of para-hydroxylation sites is 1. The van der Waals surface area contributed by atoms with Crippen LogP contribution in [0.4, 0.5) is 4.79 Å². The first-order valence-corrected chi connectivity index (χ1v) is 7.23. The van der Waals surface area contributed by atoms with Gasteiger partial charge in [-0.2, -0.15) is 0 Å². The van der Waals surface area contributed by atoms with Gasteiger partial charge in [-0.3, -0.25) is 0 Å². The van der Waals surface area contributed by atoms with Crippen molar-refractivity contribution in [2.45, 2.75) is 45.3 Å². The normalized spacial score (nSPS) is 19.6. The topological polar surface area (TPSA) is 41.6 Å². The summed E-state index contributed by atoms with van der Waals surface area (Å²) in [6, 6.07) is 9.79. The quantitative estimate of drug-likeness (QED) is 0.902. The lowest BCUT2D eigenvalue weighted by Crippen LogP contribution is -2.53. The zero-order valence-corrected chi connectivity index (χ0v) is 12.6. The summed E-state index contributed by atoms with van der Waals surface area (Å²) in [4.78, 5) is 14.0. The Kier molecular flexibility index (Phi) is 4.53. The van der Waals surface area contributed by atoms with Gasteiger partial charge in [0.15, 0.2) is 0 Å². The summed E-state index contributed by atoms with van der Waals surface area (Å²) in [7, 11) is 0. The van der Waals surface area contributed by atoms with Crippen LogP contribution in [-0.2, 0) is 0 Å². The molecule has 0 aromatic heterocycles. The predicted molar refractivity (Wildman–Crippen MR) is 79.9 cm³/mol. The van der Waals surface area contributed by atoms with Crippen molar-refractivity contribution in [1.29, 1.82) is 0 Å². The highest BCUT2D eigenvalue weighted by Gasteiger charge is 2.26. The number of nitrogens with zero attached hydrogens (tertiary/aromatic N) is 1. The number of hydrogen-bond donors (Lipinski definition) is 1. The predicted octanol–water partition coefficient (Wildman–Crippen LogP) is 3.04. The highest BCUT2D eigenvalue weighted by Crippen LogP contribution is 2.18. The summed E-state index contributed by atoms with van der Waals surface area (Å²) in [5, 5.41) is 3.00. The summed E-state index contributed by atoms with van der Waals surface area (Å²) < 4.78 is 5.94. The lowest BCUT2D eigenvalue weighted by Gasteiger charge is -2.35. The first-order valence-electron chi connectivity index (χ1n) is 7.23. The van der Waals surface area contributed by atoms with Gasteiger partial charge >= 0.3 is 6.03 Å². The number of urea groups is 1. The van der Waals surface area contributed by atoms with Crippen LogP contribution in [0, 0.1) is 0 Å². The van der Waals surface area contributed by atoms with Crippen molar-refractivity contribution in [3.05, 3.63) is 30.3 Å². The highest BCUT2D eigenvalue weighted by atomic mass is 16.5. The zero-order valence-electron chi connectivity index (χ0n) is 12.6. The number of carbonyl (C=O) groups is 1. The largest absolute Gasteiger partial charge is 0.489 e. The molecule has 0 spiro atoms. The molecule has 1 aromatic carbocycles. The van der Waals surface area contributed by atoms with Gasteiger partial charge in [0.1, 0.15) is 11.9 Å². The molecule has 1 fully saturated rings. The maximum absolute atomic E-state index is 12.2. The molecule has 20 heavy (non-hydrogen) atoms. The van der Waals surface area contributed by atoms with Crippen molar-refractivity contribution < 1.29 is 9.53 Å². The Morgan fingerprint density at radius 3 is 2.65 bits per heavy atom. The minimum atomic E-state index is -0.204. The molecular weight excluding hydrogens is 252 g/mol. The van der Waals surface area contributed by atoms with Gasteiger partial charge in [0.25, 0.3) is 0 Å². The van der Waals surface area contributed by atoms with E-state index < -0.39 is 0 Å². The van der Waals surface area contributed by atoms with E-state index in [0.29, 0.717) is 6.54 Å². The van der Waals surface area contributed by atoms with E-state index >= 15 is 0 Å². The van der Waals surface area contributed by atoms with Gasteiger partial charge in [0.05, 0.1) is 6.54 Å². The Labute approximate surface area is 121 Å². The van der Waals surface area contributed by atoms with Crippen LogP contribution in [0.2, 0.25) is 0 Å². The van der Waals surface area contributed by atoms with Gasteiger partial charge in [-0.25, -0.2) is 4.79 Å². The summed E-state index contributed by atoms with van der Waals surface area (Å²) in [5.74, 6) is 0.871. The maximum Gasteiger partial charge on any atom is 0.317 e. The van der Waals surface area contributed by atoms with E-state index in [0.717, 1.165) is 25.1 Å². The van der Waals surface area contributed by atoms with Crippen LogP contribution >= 0.6 is 0 Å². The lowest BCUT2D eigenvalue weighted by atomic mass is 10.1. The van der Waals surface area contributed by atoms with Crippen LogP contribution in [-0.4, -0.2) is 35.7 Å². The Hall–Kier alpha value is -1.71. The fraction of sp³-hybridized carbons (Fsp3) is 0.562. The average Bonchev–Trinajstić information content (AvgIpc) is 2.38. The number of hydrogen-bond acceptors (Lipinski definition) is 2. The van der Waals surface area contributed by atoms with E-state index in [1.807, 2.05) is 56.0 Å². The SMILES string of the molecule is CC(C)(C)NC(=O)N1CCCC(Oc2ccccc2)C1. The van der Waals surface area contributed by atoms with Gasteiger partial charge in [-0.15, -0.1) is 0 Å². The van der Waals surface area contributed by atoms with Crippen LogP contribution in [0.1, 0.15) is 33.6 Å². The minimum Gasteiger partial charge on any atom is -0.489 e. The van der Waals surface area contributed by atoms with Gasteiger partial charge in [0.2, 0.25) is 0 Å². The van der Waals surface area contributed by atoms with Gasteiger partial charge < -0.3 is 15.0 Å². The number of amides is 2. The summed E-state index contributed by atoms with van der Waals surface area (Å²) in [6.45, 7) is 7.43. The van der Waals surface area contributed by atoms with Gasteiger partial charge in [0, 0.05) is 12.1 Å². The molecule has 1 aliphatic heterocycles. The molecule has 2 amide bonds. The smallest absolute Gasteiger partial charge is 0.317 e. The summed E-state index contributed by atoms with van der Waals surface area (Å²) in [5.41, 5.74) is -0.204. The molecule has 1 heterocycles. The van der Waals surface area contributed by atoms with Crippen LogP contribution in [0.15, 0.2) is 30.3 Å². The van der Waals surface area contributed by atoms with Crippen molar-refractivity contribution in [1.82, 2.24) is 10.2 Å². The number of benzene rings is 1. The monoisotopic (exact) mass is 276 g/mol. The highest BCUT2D eigenvalue weighted by molar-refractivity contribution is 5.75. The molecule has 4 nitrogen and oxygen atoms in total. The molecule has 0 saturated carbocycles. The van der Waals surface area contributed by atoms with Crippen molar-refractivity contribution in [3.63, 3.8) is 0 Å². The number of likely N-dealkylation sites (tertiary alicyclic amines) is 1. The van der Waals surface area contributed by atoms with Crippen molar-refractivity contribution >= 4 is 6.03 Å². The molecule has 1 aromatic rings. The van der Waals surface area contributed by atoms with Crippen LogP contribution < -0.4 is 10.1 Å². The van der Waals surface area contributed by atoms with Crippen molar-refractivity contribution in [2.24, 2.45) is 0 Å². The second-order valence-corrected chi connectivity index (χ2v) is 6.32. The second kappa shape index (κ2) is 6.16. The molecule has 0 aliphatic carbocycles. The minimum absolute atomic E-state index is 0.00105. The molecule has 4 heteroatoms. The second-order valence-electron chi connectivity index (χ2n) is 6.32. The first-order chi connectivity index (χ1) is 9.44. The maximum atomic E-state index is 12.2. The molecular formula is C16H24N2O2. The third-order valence-corrected chi connectivity index (χ3v) is 3.19. The molecule has 1 aliphatic rings. The average molecular weight is 276 g/mol. The Balaban J connectivity index is 1.90. The summed E-state index contributed by atoms with van der Waals surface area (Å²) in [6.07, 6.45) is 2.06. The lowest BCUT2D eigenvalue weighted by molar-refractivity contribution is 0.0987. The standard InChI is InChI=1S/C16H24N2O2/c1-16(2,3)17-15(19)18-11-7-10-14(12-18)20-13-8-5-4-6-9-13/h4-6,8-9,14H,7,10-12H2,1-3H3,(H,17,19). The molecule has 1 saturated heterocycles. The first kappa shape index (κ1) is 14.7. The van der Waals surface area contributed by atoms with Crippen LogP contribution in [0.5, 0.6) is 5.75 Å². The fourth-order valence-electron chi connectivity index (χ4n) is 2.31. The third kappa shape index (κ3) is 4.44. The molecule has 110 valence electrons. The van der Waals surface area contributed by atoms with Crippen molar-refractivity contribution in [2.75, 3.05) is 13.1 Å². The Morgan fingerprint density at radius 1 is 1.30 bits per heavy atom. The van der Waals surface area contributed by atoms with Crippen molar-refractivity contribution in [3.8, 4) is 5.75 Å². The molecule has 1 unspecified atom stereocenters. The van der Waals surface area contributed by atoms with E-state index in [1.165, 1.54) is 0 Å². The Bertz CT molecular complexity index is 440.